The van der Waals surface area contributed by atoms with Crippen LogP contribution in [-0.2, 0) is 11.2 Å². The minimum absolute atomic E-state index is 0.155. The van der Waals surface area contributed by atoms with Crippen molar-refractivity contribution < 1.29 is 9.59 Å². The van der Waals surface area contributed by atoms with Gasteiger partial charge in [0, 0.05) is 28.3 Å². The van der Waals surface area contributed by atoms with E-state index in [4.69, 9.17) is 23.2 Å². The lowest BCUT2D eigenvalue weighted by Crippen LogP contribution is -2.19. The van der Waals surface area contributed by atoms with Gasteiger partial charge in [0.05, 0.1) is 5.38 Å². The van der Waals surface area contributed by atoms with Crippen molar-refractivity contribution in [3.8, 4) is 0 Å². The van der Waals surface area contributed by atoms with E-state index >= 15 is 0 Å². The minimum atomic E-state index is -0.538. The molecule has 3 nitrogen and oxygen atoms in total. The average molecular weight is 334 g/mol. The monoisotopic (exact) mass is 333 g/mol. The molecule has 0 aromatic heterocycles. The topological polar surface area (TPSA) is 46.2 Å². The molecular formula is C17H13Cl2NO2. The van der Waals surface area contributed by atoms with Gasteiger partial charge in [0.1, 0.15) is 0 Å². The van der Waals surface area contributed by atoms with Crippen molar-refractivity contribution in [1.29, 1.82) is 0 Å². The number of alkyl halides is 1. The van der Waals surface area contributed by atoms with Crippen LogP contribution in [0, 0.1) is 0 Å². The summed E-state index contributed by atoms with van der Waals surface area (Å²) in [6.45, 7) is 0. The third-order valence-corrected chi connectivity index (χ3v) is 4.29. The first-order valence-electron chi connectivity index (χ1n) is 6.92. The van der Waals surface area contributed by atoms with Crippen molar-refractivity contribution in [2.45, 2.75) is 18.2 Å². The zero-order valence-corrected chi connectivity index (χ0v) is 13.1. The fraction of sp³-hybridized carbons (Fsp3) is 0.176. The third kappa shape index (κ3) is 3.01. The Morgan fingerprint density at radius 3 is 2.91 bits per heavy atom. The van der Waals surface area contributed by atoms with Crippen LogP contribution in [0.25, 0.3) is 0 Å². The molecule has 1 unspecified atom stereocenters. The molecular weight excluding hydrogens is 321 g/mol. The van der Waals surface area contributed by atoms with E-state index in [1.807, 2.05) is 6.07 Å². The largest absolute Gasteiger partial charge is 0.322 e. The number of fused-ring (bicyclic) bond motifs is 1. The van der Waals surface area contributed by atoms with Crippen LogP contribution in [0.3, 0.4) is 0 Å². The van der Waals surface area contributed by atoms with Crippen molar-refractivity contribution in [3.05, 3.63) is 64.2 Å². The zero-order valence-electron chi connectivity index (χ0n) is 11.6. The summed E-state index contributed by atoms with van der Waals surface area (Å²) in [7, 11) is 0. The van der Waals surface area contributed by atoms with Crippen LogP contribution in [0.1, 0.15) is 22.3 Å². The quantitative estimate of drug-likeness (QED) is 0.832. The molecule has 0 saturated carbocycles. The van der Waals surface area contributed by atoms with Crippen molar-refractivity contribution in [2.24, 2.45) is 0 Å². The van der Waals surface area contributed by atoms with Gasteiger partial charge in [-0.25, -0.2) is 0 Å². The van der Waals surface area contributed by atoms with E-state index < -0.39 is 5.38 Å². The Morgan fingerprint density at radius 2 is 2.09 bits per heavy atom. The molecule has 0 aliphatic heterocycles. The summed E-state index contributed by atoms with van der Waals surface area (Å²) in [5.74, 6) is -0.149. The summed E-state index contributed by atoms with van der Waals surface area (Å²) < 4.78 is 0. The highest BCUT2D eigenvalue weighted by Gasteiger charge is 2.21. The molecule has 112 valence electrons. The Bertz CT molecular complexity index is 747. The van der Waals surface area contributed by atoms with Crippen LogP contribution in [0.4, 0.5) is 5.69 Å². The van der Waals surface area contributed by atoms with E-state index in [0.29, 0.717) is 22.7 Å². The van der Waals surface area contributed by atoms with E-state index in [-0.39, 0.29) is 11.7 Å². The van der Waals surface area contributed by atoms with Crippen molar-refractivity contribution in [3.63, 3.8) is 0 Å². The molecule has 22 heavy (non-hydrogen) atoms. The van der Waals surface area contributed by atoms with Crippen molar-refractivity contribution in [1.82, 2.24) is 0 Å². The summed E-state index contributed by atoms with van der Waals surface area (Å²) in [4.78, 5) is 24.0. The molecule has 0 radical (unpaired) electrons. The Hall–Kier alpha value is -1.84. The molecule has 0 bridgehead atoms. The molecule has 1 amide bonds. The summed E-state index contributed by atoms with van der Waals surface area (Å²) in [6.07, 6.45) is 7.91. The standard InChI is InChI=1S/C17H13Cl2NO2/c18-11-2-1-3-15(19)14(9-11)17(22)20-12-5-6-13-10(8-12)4-7-16(13)21/h1-3,5-6,8-9,15H,4,7H2,(H,20,22). The van der Waals surface area contributed by atoms with Crippen LogP contribution < -0.4 is 5.32 Å². The number of Topliss-reactive ketones (excluding diaryl/α,β-unsaturated/α-hetero) is 1. The Kier molecular flexibility index (Phi) is 4.19. The number of hydrogen-bond acceptors (Lipinski definition) is 2. The molecule has 5 heteroatoms. The highest BCUT2D eigenvalue weighted by Crippen LogP contribution is 2.26. The summed E-state index contributed by atoms with van der Waals surface area (Å²) in [5, 5.41) is 2.72. The van der Waals surface area contributed by atoms with Gasteiger partial charge in [-0.3, -0.25) is 9.59 Å². The Labute approximate surface area is 138 Å². The first-order chi connectivity index (χ1) is 10.5. The minimum Gasteiger partial charge on any atom is -0.322 e. The number of carbonyl (C=O) groups excluding carboxylic acids is 2. The van der Waals surface area contributed by atoms with Crippen LogP contribution in [0.2, 0.25) is 0 Å². The Morgan fingerprint density at radius 1 is 1.27 bits per heavy atom. The first-order valence-corrected chi connectivity index (χ1v) is 7.73. The van der Waals surface area contributed by atoms with E-state index in [2.05, 4.69) is 5.32 Å². The maximum absolute atomic E-state index is 12.4. The smallest absolute Gasteiger partial charge is 0.253 e. The fourth-order valence-corrected chi connectivity index (χ4v) is 2.99. The maximum Gasteiger partial charge on any atom is 0.253 e. The van der Waals surface area contributed by atoms with Gasteiger partial charge in [0.15, 0.2) is 5.78 Å². The first kappa shape index (κ1) is 15.1. The molecule has 2 aliphatic carbocycles. The van der Waals surface area contributed by atoms with E-state index in [1.165, 1.54) is 0 Å². The normalized spacial score (nSPS) is 20.1. The zero-order chi connectivity index (χ0) is 15.7. The predicted octanol–water partition coefficient (Wildman–Crippen LogP) is 3.98. The van der Waals surface area contributed by atoms with Crippen LogP contribution in [-0.4, -0.2) is 17.1 Å². The molecule has 1 atom stereocenters. The number of ketones is 1. The third-order valence-electron chi connectivity index (χ3n) is 3.67. The van der Waals surface area contributed by atoms with Gasteiger partial charge < -0.3 is 5.32 Å². The van der Waals surface area contributed by atoms with Crippen LogP contribution in [0.15, 0.2) is 53.1 Å². The lowest BCUT2D eigenvalue weighted by molar-refractivity contribution is -0.112. The number of nitrogens with one attached hydrogen (secondary N) is 1. The number of rotatable bonds is 2. The summed E-state index contributed by atoms with van der Waals surface area (Å²) in [5.41, 5.74) is 2.75. The van der Waals surface area contributed by atoms with Crippen LogP contribution >= 0.6 is 23.2 Å². The lowest BCUT2D eigenvalue weighted by Gasteiger charge is -2.11. The Balaban J connectivity index is 1.81. The highest BCUT2D eigenvalue weighted by atomic mass is 35.5. The van der Waals surface area contributed by atoms with Gasteiger partial charge in [-0.15, -0.1) is 11.6 Å². The second-order valence-corrected chi connectivity index (χ2v) is 6.09. The maximum atomic E-state index is 12.4. The van der Waals surface area contributed by atoms with Gasteiger partial charge in [0.25, 0.3) is 5.91 Å². The second-order valence-electron chi connectivity index (χ2n) is 5.19. The van der Waals surface area contributed by atoms with Crippen molar-refractivity contribution >= 4 is 40.6 Å². The van der Waals surface area contributed by atoms with Gasteiger partial charge in [-0.05, 0) is 42.3 Å². The highest BCUT2D eigenvalue weighted by molar-refractivity contribution is 6.33. The van der Waals surface area contributed by atoms with Gasteiger partial charge in [-0.2, -0.15) is 0 Å². The number of hydrogen-bond donors (Lipinski definition) is 1. The SMILES string of the molecule is O=C(Nc1ccc2c(c1)CCC2=O)C1=CC(Cl)=CC=CC1Cl. The molecule has 0 heterocycles. The number of aryl methyl sites for hydroxylation is 1. The molecule has 1 aromatic carbocycles. The molecule has 3 rings (SSSR count). The number of anilines is 1. The number of amides is 1. The van der Waals surface area contributed by atoms with Gasteiger partial charge >= 0.3 is 0 Å². The summed E-state index contributed by atoms with van der Waals surface area (Å²) in [6, 6.07) is 5.33. The fourth-order valence-electron chi connectivity index (χ4n) is 2.55. The van der Waals surface area contributed by atoms with E-state index in [0.717, 1.165) is 17.5 Å². The van der Waals surface area contributed by atoms with Gasteiger partial charge in [0.2, 0.25) is 0 Å². The predicted molar refractivity (Wildman–Crippen MR) is 88.5 cm³/mol. The molecule has 0 spiro atoms. The molecule has 1 aromatic rings. The second kappa shape index (κ2) is 6.11. The van der Waals surface area contributed by atoms with E-state index in [1.54, 1.807) is 36.4 Å². The molecule has 0 fully saturated rings. The molecule has 2 aliphatic rings. The lowest BCUT2D eigenvalue weighted by atomic mass is 10.1. The molecule has 1 N–H and O–H groups in total. The number of halogens is 2. The number of carbonyl (C=O) groups is 2. The van der Waals surface area contributed by atoms with Gasteiger partial charge in [-0.1, -0.05) is 23.8 Å². The average Bonchev–Trinajstić information content (AvgIpc) is 2.75. The van der Waals surface area contributed by atoms with Crippen molar-refractivity contribution in [2.75, 3.05) is 5.32 Å². The number of benzene rings is 1. The van der Waals surface area contributed by atoms with E-state index in [9.17, 15) is 9.59 Å². The summed E-state index contributed by atoms with van der Waals surface area (Å²) >= 11 is 12.2. The van der Waals surface area contributed by atoms with Crippen LogP contribution in [0.5, 0.6) is 0 Å². The number of allylic oxidation sites excluding steroid dienone is 5. The molecule has 0 saturated heterocycles.